The van der Waals surface area contributed by atoms with E-state index >= 15 is 0 Å². The van der Waals surface area contributed by atoms with Gasteiger partial charge >= 0.3 is 0 Å². The predicted octanol–water partition coefficient (Wildman–Crippen LogP) is 2.73. The zero-order chi connectivity index (χ0) is 7.49. The van der Waals surface area contributed by atoms with Crippen molar-refractivity contribution in [1.29, 1.82) is 0 Å². The third-order valence-corrected chi connectivity index (χ3v) is 1.47. The lowest BCUT2D eigenvalue weighted by atomic mass is 9.91. The molecule has 0 saturated heterocycles. The van der Waals surface area contributed by atoms with E-state index in [2.05, 4.69) is 36.7 Å². The maximum absolute atomic E-state index is 10.4. The van der Waals surface area contributed by atoms with E-state index in [4.69, 9.17) is 0 Å². The summed E-state index contributed by atoms with van der Waals surface area (Å²) < 4.78 is 0.109. The largest absolute Gasteiger partial charge is 0.287 e. The fraction of sp³-hybridized carbons (Fsp3) is 0.857. The van der Waals surface area contributed by atoms with Gasteiger partial charge in [-0.3, -0.25) is 4.79 Å². The van der Waals surface area contributed by atoms with Crippen LogP contribution in [-0.2, 0) is 4.79 Å². The minimum absolute atomic E-state index is 0.109. The molecular formula is C7H13BrO. The van der Waals surface area contributed by atoms with E-state index in [1.807, 2.05) is 0 Å². The van der Waals surface area contributed by atoms with Crippen LogP contribution in [0.1, 0.15) is 33.6 Å². The molecule has 54 valence electrons. The van der Waals surface area contributed by atoms with Crippen LogP contribution in [-0.4, -0.2) is 4.69 Å². The van der Waals surface area contributed by atoms with Crippen molar-refractivity contribution in [2.75, 3.05) is 0 Å². The average molecular weight is 193 g/mol. The molecular weight excluding hydrogens is 180 g/mol. The van der Waals surface area contributed by atoms with Crippen molar-refractivity contribution in [3.63, 3.8) is 0 Å². The molecule has 0 aromatic rings. The van der Waals surface area contributed by atoms with Crippen LogP contribution in [0.5, 0.6) is 0 Å². The minimum Gasteiger partial charge on any atom is -0.287 e. The Morgan fingerprint density at radius 3 is 2.00 bits per heavy atom. The van der Waals surface area contributed by atoms with Gasteiger partial charge in [0.1, 0.15) is 0 Å². The molecule has 0 fully saturated rings. The van der Waals surface area contributed by atoms with Gasteiger partial charge in [-0.2, -0.15) is 0 Å². The Bertz CT molecular complexity index is 102. The van der Waals surface area contributed by atoms with Gasteiger partial charge in [0.2, 0.25) is 0 Å². The first kappa shape index (κ1) is 9.15. The molecule has 0 N–H and O–H groups in total. The number of rotatable bonds is 2. The molecule has 0 spiro atoms. The highest BCUT2D eigenvalue weighted by Crippen LogP contribution is 2.21. The molecule has 0 atom stereocenters. The van der Waals surface area contributed by atoms with Gasteiger partial charge in [0.15, 0.2) is 4.69 Å². The van der Waals surface area contributed by atoms with Gasteiger partial charge in [0.25, 0.3) is 0 Å². The van der Waals surface area contributed by atoms with Crippen LogP contribution in [0.25, 0.3) is 0 Å². The lowest BCUT2D eigenvalue weighted by Crippen LogP contribution is -2.05. The summed E-state index contributed by atoms with van der Waals surface area (Å²) in [5, 5.41) is 0. The second kappa shape index (κ2) is 3.35. The molecule has 1 nitrogen and oxygen atoms in total. The molecule has 0 aliphatic heterocycles. The van der Waals surface area contributed by atoms with Crippen molar-refractivity contribution in [2.24, 2.45) is 5.41 Å². The molecule has 0 rings (SSSR count). The maximum atomic E-state index is 10.4. The molecule has 0 heterocycles. The monoisotopic (exact) mass is 192 g/mol. The van der Waals surface area contributed by atoms with E-state index in [0.717, 1.165) is 6.42 Å². The second-order valence-electron chi connectivity index (χ2n) is 3.42. The summed E-state index contributed by atoms with van der Waals surface area (Å²) in [6, 6.07) is 0. The van der Waals surface area contributed by atoms with Crippen molar-refractivity contribution in [3.8, 4) is 0 Å². The van der Waals surface area contributed by atoms with E-state index in [1.165, 1.54) is 0 Å². The number of hydrogen-bond acceptors (Lipinski definition) is 1. The molecule has 2 heteroatoms. The molecule has 0 saturated carbocycles. The van der Waals surface area contributed by atoms with Crippen LogP contribution in [0.15, 0.2) is 0 Å². The quantitative estimate of drug-likeness (QED) is 0.616. The normalized spacial score (nSPS) is 11.6. The molecule has 9 heavy (non-hydrogen) atoms. The fourth-order valence-corrected chi connectivity index (χ4v) is 0.672. The molecule has 0 aromatic carbocycles. The Morgan fingerprint density at radius 1 is 1.44 bits per heavy atom. The fourth-order valence-electron chi connectivity index (χ4n) is 0.473. The van der Waals surface area contributed by atoms with Crippen molar-refractivity contribution >= 4 is 20.6 Å². The molecule has 0 aliphatic carbocycles. The number of carbonyl (C=O) groups excluding carboxylic acids is 1. The Hall–Kier alpha value is 0.150. The SMILES string of the molecule is CC(C)(C)CCC(=O)Br. The van der Waals surface area contributed by atoms with Gasteiger partial charge in [-0.25, -0.2) is 0 Å². The van der Waals surface area contributed by atoms with Crippen LogP contribution in [0.4, 0.5) is 0 Å². The first-order valence-corrected chi connectivity index (χ1v) is 3.89. The van der Waals surface area contributed by atoms with Gasteiger partial charge in [-0.05, 0) is 27.8 Å². The van der Waals surface area contributed by atoms with E-state index in [-0.39, 0.29) is 10.1 Å². The first-order valence-electron chi connectivity index (χ1n) is 3.10. The molecule has 0 aliphatic rings. The summed E-state index contributed by atoms with van der Waals surface area (Å²) in [5.74, 6) is 0. The van der Waals surface area contributed by atoms with Crippen LogP contribution in [0.3, 0.4) is 0 Å². The number of carbonyl (C=O) groups is 1. The number of halogens is 1. The third-order valence-electron chi connectivity index (χ3n) is 1.07. The molecule has 0 unspecified atom stereocenters. The van der Waals surface area contributed by atoms with Gasteiger partial charge in [0.05, 0.1) is 0 Å². The maximum Gasteiger partial charge on any atom is 0.197 e. The topological polar surface area (TPSA) is 17.1 Å². The molecule has 0 radical (unpaired) electrons. The Morgan fingerprint density at radius 2 is 1.89 bits per heavy atom. The van der Waals surface area contributed by atoms with Gasteiger partial charge in [-0.15, -0.1) is 0 Å². The highest BCUT2D eigenvalue weighted by molar-refractivity contribution is 9.18. The van der Waals surface area contributed by atoms with E-state index in [9.17, 15) is 4.79 Å². The second-order valence-corrected chi connectivity index (χ2v) is 4.30. The predicted molar refractivity (Wildman–Crippen MR) is 42.6 cm³/mol. The van der Waals surface area contributed by atoms with Gasteiger partial charge in [0, 0.05) is 6.42 Å². The van der Waals surface area contributed by atoms with Crippen LogP contribution in [0.2, 0.25) is 0 Å². The zero-order valence-electron chi connectivity index (χ0n) is 6.20. The van der Waals surface area contributed by atoms with Crippen LogP contribution in [0, 0.1) is 5.41 Å². The van der Waals surface area contributed by atoms with Gasteiger partial charge < -0.3 is 0 Å². The van der Waals surface area contributed by atoms with Crippen molar-refractivity contribution in [1.82, 2.24) is 0 Å². The minimum atomic E-state index is 0.109. The van der Waals surface area contributed by atoms with E-state index in [1.54, 1.807) is 0 Å². The van der Waals surface area contributed by atoms with Crippen LogP contribution >= 0.6 is 15.9 Å². The molecule has 0 aromatic heterocycles. The lowest BCUT2D eigenvalue weighted by Gasteiger charge is -2.15. The molecule has 0 bridgehead atoms. The Labute approximate surface area is 65.0 Å². The summed E-state index contributed by atoms with van der Waals surface area (Å²) in [4.78, 5) is 10.4. The standard InChI is InChI=1S/C7H13BrO/c1-7(2,3)5-4-6(8)9/h4-5H2,1-3H3. The smallest absolute Gasteiger partial charge is 0.197 e. The summed E-state index contributed by atoms with van der Waals surface area (Å²) in [6.07, 6.45) is 1.60. The Balaban J connectivity index is 3.39. The summed E-state index contributed by atoms with van der Waals surface area (Å²) in [5.41, 5.74) is 0.281. The first-order chi connectivity index (χ1) is 3.92. The van der Waals surface area contributed by atoms with Crippen molar-refractivity contribution in [2.45, 2.75) is 33.6 Å². The van der Waals surface area contributed by atoms with Crippen molar-refractivity contribution < 1.29 is 4.79 Å². The zero-order valence-corrected chi connectivity index (χ0v) is 7.79. The Kier molecular flexibility index (Phi) is 3.41. The van der Waals surface area contributed by atoms with Crippen molar-refractivity contribution in [3.05, 3.63) is 0 Å². The average Bonchev–Trinajstić information content (AvgIpc) is 1.59. The van der Waals surface area contributed by atoms with E-state index < -0.39 is 0 Å². The molecule has 0 amide bonds. The summed E-state index contributed by atoms with van der Waals surface area (Å²) >= 11 is 2.89. The highest BCUT2D eigenvalue weighted by Gasteiger charge is 2.10. The lowest BCUT2D eigenvalue weighted by molar-refractivity contribution is -0.110. The van der Waals surface area contributed by atoms with Gasteiger partial charge in [-0.1, -0.05) is 20.8 Å². The van der Waals surface area contributed by atoms with E-state index in [0.29, 0.717) is 6.42 Å². The third kappa shape index (κ3) is 8.15. The highest BCUT2D eigenvalue weighted by atomic mass is 79.9. The number of hydrogen-bond donors (Lipinski definition) is 0. The summed E-state index contributed by atoms with van der Waals surface area (Å²) in [7, 11) is 0. The summed E-state index contributed by atoms with van der Waals surface area (Å²) in [6.45, 7) is 6.38. The van der Waals surface area contributed by atoms with Crippen LogP contribution < -0.4 is 0 Å².